The molecule has 0 unspecified atom stereocenters. The van der Waals surface area contributed by atoms with Gasteiger partial charge >= 0.3 is 0 Å². The summed E-state index contributed by atoms with van der Waals surface area (Å²) < 4.78 is 5.54. The van der Waals surface area contributed by atoms with Crippen molar-refractivity contribution in [3.8, 4) is 0 Å². The number of fused-ring (bicyclic) bond motifs is 1. The summed E-state index contributed by atoms with van der Waals surface area (Å²) >= 11 is 0. The van der Waals surface area contributed by atoms with Gasteiger partial charge in [0.25, 0.3) is 0 Å². The third-order valence-electron chi connectivity index (χ3n) is 9.18. The van der Waals surface area contributed by atoms with E-state index in [1.54, 1.807) is 5.57 Å². The van der Waals surface area contributed by atoms with E-state index in [-0.39, 0.29) is 5.92 Å². The largest absolute Gasteiger partial charge is 0.392 e. The third kappa shape index (κ3) is 4.59. The van der Waals surface area contributed by atoms with E-state index in [1.165, 1.54) is 38.6 Å². The van der Waals surface area contributed by atoms with Crippen LogP contribution in [0.5, 0.6) is 0 Å². The fourth-order valence-corrected chi connectivity index (χ4v) is 7.18. The molecule has 4 nitrogen and oxygen atoms in total. The number of aliphatic hydroxyl groups is 2. The molecule has 0 amide bonds. The Morgan fingerprint density at radius 2 is 1.97 bits per heavy atom. The second-order valence-corrected chi connectivity index (χ2v) is 11.0. The molecule has 0 aromatic heterocycles. The number of hydrogen-bond acceptors (Lipinski definition) is 4. The number of nitrogens with zero attached hydrogens (tertiary/aromatic N) is 1. The van der Waals surface area contributed by atoms with E-state index in [0.717, 1.165) is 49.3 Å². The van der Waals surface area contributed by atoms with E-state index < -0.39 is 12.2 Å². The zero-order chi connectivity index (χ0) is 22.2. The summed E-state index contributed by atoms with van der Waals surface area (Å²) in [6.45, 7) is 16.2. The van der Waals surface area contributed by atoms with Gasteiger partial charge in [0.15, 0.2) is 0 Å². The first-order chi connectivity index (χ1) is 14.8. The van der Waals surface area contributed by atoms with Crippen molar-refractivity contribution >= 4 is 0 Å². The molecule has 0 bridgehead atoms. The predicted molar refractivity (Wildman–Crippen MR) is 126 cm³/mol. The molecule has 3 aliphatic carbocycles. The quantitative estimate of drug-likeness (QED) is 0.698. The van der Waals surface area contributed by atoms with Crippen molar-refractivity contribution in [2.45, 2.75) is 71.5 Å². The summed E-state index contributed by atoms with van der Waals surface area (Å²) in [7, 11) is 0. The average Bonchev–Trinajstić information content (AvgIpc) is 3.12. The van der Waals surface area contributed by atoms with E-state index in [9.17, 15) is 10.2 Å². The van der Waals surface area contributed by atoms with E-state index in [2.05, 4.69) is 37.5 Å². The second-order valence-electron chi connectivity index (χ2n) is 11.0. The van der Waals surface area contributed by atoms with Crippen molar-refractivity contribution in [1.29, 1.82) is 0 Å². The van der Waals surface area contributed by atoms with Gasteiger partial charge in [0.2, 0.25) is 0 Å². The normalized spacial score (nSPS) is 43.4. The van der Waals surface area contributed by atoms with Gasteiger partial charge in [-0.25, -0.2) is 0 Å². The molecule has 31 heavy (non-hydrogen) atoms. The molecule has 4 heteroatoms. The standard InChI is InChI=1S/C27H43NO3/c1-18(17-28-12-14-31-15-13-28)23-9-10-24-21(6-5-11-27(23,24)4)7-8-22-16-25(29)20(3)26(30)19(22)2/h7-8,18,20,23-26,29-30H,2,5-6,9-17H2,1,3-4H3/b21-7+,22-8-/t18-,20-,23+,24-,25+,26+,27+/m0/s1. The molecule has 2 N–H and O–H groups in total. The van der Waals surface area contributed by atoms with Crippen LogP contribution in [-0.4, -0.2) is 60.2 Å². The molecule has 7 atom stereocenters. The van der Waals surface area contributed by atoms with Gasteiger partial charge < -0.3 is 14.9 Å². The van der Waals surface area contributed by atoms with Crippen LogP contribution in [0.1, 0.15) is 59.3 Å². The number of rotatable bonds is 4. The number of aliphatic hydroxyl groups excluding tert-OH is 2. The Morgan fingerprint density at radius 3 is 2.71 bits per heavy atom. The smallest absolute Gasteiger partial charge is 0.0837 e. The fourth-order valence-electron chi connectivity index (χ4n) is 7.18. The first-order valence-electron chi connectivity index (χ1n) is 12.6. The number of allylic oxidation sites excluding steroid dienone is 3. The summed E-state index contributed by atoms with van der Waals surface area (Å²) in [6.07, 6.45) is 10.4. The van der Waals surface area contributed by atoms with Crippen molar-refractivity contribution < 1.29 is 14.9 Å². The van der Waals surface area contributed by atoms with Gasteiger partial charge in [0, 0.05) is 25.6 Å². The van der Waals surface area contributed by atoms with Crippen LogP contribution in [0.25, 0.3) is 0 Å². The maximum absolute atomic E-state index is 10.4. The lowest BCUT2D eigenvalue weighted by Gasteiger charge is -2.45. The van der Waals surface area contributed by atoms with Gasteiger partial charge in [-0.05, 0) is 72.8 Å². The molecule has 0 aromatic rings. The highest BCUT2D eigenvalue weighted by Crippen LogP contribution is 2.59. The van der Waals surface area contributed by atoms with Crippen LogP contribution in [0.15, 0.2) is 35.5 Å². The minimum atomic E-state index is -0.637. The van der Waals surface area contributed by atoms with Gasteiger partial charge in [0.05, 0.1) is 25.4 Å². The molecule has 4 fully saturated rings. The van der Waals surface area contributed by atoms with Gasteiger partial charge in [0.1, 0.15) is 0 Å². The predicted octanol–water partition coefficient (Wildman–Crippen LogP) is 4.34. The molecule has 1 heterocycles. The molecule has 174 valence electrons. The lowest BCUT2D eigenvalue weighted by atomic mass is 9.61. The Hall–Kier alpha value is -0.940. The highest BCUT2D eigenvalue weighted by atomic mass is 16.5. The molecule has 0 radical (unpaired) electrons. The van der Waals surface area contributed by atoms with E-state index in [4.69, 9.17) is 4.74 Å². The van der Waals surface area contributed by atoms with Gasteiger partial charge in [-0.3, -0.25) is 4.90 Å². The van der Waals surface area contributed by atoms with Crippen LogP contribution in [0.4, 0.5) is 0 Å². The Morgan fingerprint density at radius 1 is 1.23 bits per heavy atom. The third-order valence-corrected chi connectivity index (χ3v) is 9.18. The van der Waals surface area contributed by atoms with Crippen molar-refractivity contribution in [1.82, 2.24) is 4.90 Å². The lowest BCUT2D eigenvalue weighted by Crippen LogP contribution is -2.43. The Bertz CT molecular complexity index is 722. The van der Waals surface area contributed by atoms with Crippen molar-refractivity contribution in [3.05, 3.63) is 35.5 Å². The molecule has 0 aromatic carbocycles. The van der Waals surface area contributed by atoms with Crippen LogP contribution in [-0.2, 0) is 4.74 Å². The molecule has 4 aliphatic rings. The zero-order valence-electron chi connectivity index (χ0n) is 19.9. The topological polar surface area (TPSA) is 52.9 Å². The number of ether oxygens (including phenoxy) is 1. The molecular weight excluding hydrogens is 386 g/mol. The Labute approximate surface area is 189 Å². The summed E-state index contributed by atoms with van der Waals surface area (Å²) in [5.41, 5.74) is 3.79. The maximum atomic E-state index is 10.4. The molecule has 0 spiro atoms. The van der Waals surface area contributed by atoms with Crippen molar-refractivity contribution in [2.24, 2.45) is 29.1 Å². The molecule has 1 saturated heterocycles. The van der Waals surface area contributed by atoms with E-state index in [0.29, 0.717) is 17.8 Å². The first-order valence-corrected chi connectivity index (χ1v) is 12.6. The molecule has 1 aliphatic heterocycles. The number of morpholine rings is 1. The summed E-state index contributed by atoms with van der Waals surface area (Å²) in [5, 5.41) is 20.7. The lowest BCUT2D eigenvalue weighted by molar-refractivity contribution is 0.0154. The van der Waals surface area contributed by atoms with Gasteiger partial charge in [-0.2, -0.15) is 0 Å². The minimum absolute atomic E-state index is 0.140. The highest BCUT2D eigenvalue weighted by molar-refractivity contribution is 5.39. The first kappa shape index (κ1) is 23.2. The Balaban J connectivity index is 1.47. The minimum Gasteiger partial charge on any atom is -0.392 e. The van der Waals surface area contributed by atoms with Crippen LogP contribution >= 0.6 is 0 Å². The molecule has 4 rings (SSSR count). The highest BCUT2D eigenvalue weighted by Gasteiger charge is 2.50. The van der Waals surface area contributed by atoms with Gasteiger partial charge in [-0.15, -0.1) is 0 Å². The van der Waals surface area contributed by atoms with E-state index >= 15 is 0 Å². The number of hydrogen-bond donors (Lipinski definition) is 2. The maximum Gasteiger partial charge on any atom is 0.0837 e. The summed E-state index contributed by atoms with van der Waals surface area (Å²) in [5.74, 6) is 2.03. The SMILES string of the molecule is C=C1/C(=C\C=C2/CCC[C@]3(C)[C@@H]([C@@H](C)CN4CCOCC4)CC[C@@H]23)C[C@@H](O)[C@H](C)[C@@H]1O. The van der Waals surface area contributed by atoms with Crippen molar-refractivity contribution in [2.75, 3.05) is 32.8 Å². The Kier molecular flexibility index (Phi) is 7.12. The second kappa shape index (κ2) is 9.51. The van der Waals surface area contributed by atoms with Crippen LogP contribution in [0, 0.1) is 29.1 Å². The molecular formula is C27H43NO3. The van der Waals surface area contributed by atoms with Crippen LogP contribution < -0.4 is 0 Å². The van der Waals surface area contributed by atoms with Crippen LogP contribution in [0.3, 0.4) is 0 Å². The monoisotopic (exact) mass is 429 g/mol. The summed E-state index contributed by atoms with van der Waals surface area (Å²) in [4.78, 5) is 2.60. The van der Waals surface area contributed by atoms with E-state index in [1.807, 2.05) is 6.92 Å². The zero-order valence-corrected chi connectivity index (χ0v) is 19.9. The fraction of sp³-hybridized carbons (Fsp3) is 0.778. The summed E-state index contributed by atoms with van der Waals surface area (Å²) in [6, 6.07) is 0. The van der Waals surface area contributed by atoms with Gasteiger partial charge in [-0.1, -0.05) is 45.1 Å². The molecule has 3 saturated carbocycles. The average molecular weight is 430 g/mol. The van der Waals surface area contributed by atoms with Crippen LogP contribution in [0.2, 0.25) is 0 Å². The van der Waals surface area contributed by atoms with Crippen molar-refractivity contribution in [3.63, 3.8) is 0 Å².